The summed E-state index contributed by atoms with van der Waals surface area (Å²) in [5.41, 5.74) is 0.263. The standard InChI is InChI=1S/C22H21BrN2O4S/c23-20-11-10-17(30(27,28)25-16-8-9-16)14-19(20)22(26)24-12-13-29-21-7-3-5-15-4-1-2-6-18(15)21/h1-7,10-11,14,16,25H,8-9,12-13H2,(H,24,26). The summed E-state index contributed by atoms with van der Waals surface area (Å²) in [6.45, 7) is 0.574. The Morgan fingerprint density at radius 1 is 1.07 bits per heavy atom. The van der Waals surface area contributed by atoms with Gasteiger partial charge < -0.3 is 10.1 Å². The Kier molecular flexibility index (Phi) is 6.08. The number of sulfonamides is 1. The Hall–Kier alpha value is -2.42. The molecule has 1 aliphatic rings. The van der Waals surface area contributed by atoms with Gasteiger partial charge in [0.15, 0.2) is 0 Å². The minimum absolute atomic E-state index is 0.00198. The molecule has 0 heterocycles. The Bertz CT molecular complexity index is 1190. The smallest absolute Gasteiger partial charge is 0.252 e. The van der Waals surface area contributed by atoms with Crippen LogP contribution in [0, 0.1) is 0 Å². The lowest BCUT2D eigenvalue weighted by Crippen LogP contribution is -2.29. The molecule has 0 radical (unpaired) electrons. The number of amides is 1. The average Bonchev–Trinajstić information content (AvgIpc) is 3.54. The molecule has 0 spiro atoms. The molecule has 30 heavy (non-hydrogen) atoms. The van der Waals surface area contributed by atoms with Crippen molar-refractivity contribution in [1.82, 2.24) is 10.0 Å². The fourth-order valence-corrected chi connectivity index (χ4v) is 4.83. The van der Waals surface area contributed by atoms with Gasteiger partial charge in [0.2, 0.25) is 10.0 Å². The van der Waals surface area contributed by atoms with Gasteiger partial charge in [0.05, 0.1) is 17.0 Å². The second kappa shape index (κ2) is 8.75. The van der Waals surface area contributed by atoms with Gasteiger partial charge in [-0.05, 0) is 58.4 Å². The summed E-state index contributed by atoms with van der Waals surface area (Å²) >= 11 is 3.33. The third-order valence-corrected chi connectivity index (χ3v) is 7.00. The molecule has 1 saturated carbocycles. The molecule has 0 unspecified atom stereocenters. The predicted octanol–water partition coefficient (Wildman–Crippen LogP) is 3.85. The van der Waals surface area contributed by atoms with Crippen LogP contribution in [0.5, 0.6) is 5.75 Å². The number of fused-ring (bicyclic) bond motifs is 1. The molecule has 0 atom stereocenters. The molecule has 2 N–H and O–H groups in total. The third kappa shape index (κ3) is 4.83. The lowest BCUT2D eigenvalue weighted by Gasteiger charge is -2.12. The summed E-state index contributed by atoms with van der Waals surface area (Å²) in [5, 5.41) is 4.87. The second-order valence-corrected chi connectivity index (χ2v) is 9.69. The lowest BCUT2D eigenvalue weighted by molar-refractivity contribution is 0.0946. The molecule has 156 valence electrons. The van der Waals surface area contributed by atoms with Crippen molar-refractivity contribution in [2.45, 2.75) is 23.8 Å². The van der Waals surface area contributed by atoms with Crippen LogP contribution < -0.4 is 14.8 Å². The average molecular weight is 489 g/mol. The van der Waals surface area contributed by atoms with Crippen molar-refractivity contribution in [3.8, 4) is 5.75 Å². The Balaban J connectivity index is 1.38. The highest BCUT2D eigenvalue weighted by Gasteiger charge is 2.28. The van der Waals surface area contributed by atoms with E-state index in [4.69, 9.17) is 4.74 Å². The summed E-state index contributed by atoms with van der Waals surface area (Å²) < 4.78 is 33.8. The van der Waals surface area contributed by atoms with Crippen molar-refractivity contribution in [1.29, 1.82) is 0 Å². The molecule has 1 amide bonds. The van der Waals surface area contributed by atoms with E-state index in [1.54, 1.807) is 6.07 Å². The van der Waals surface area contributed by atoms with Gasteiger partial charge in [-0.25, -0.2) is 13.1 Å². The minimum Gasteiger partial charge on any atom is -0.491 e. The van der Waals surface area contributed by atoms with Crippen LogP contribution in [0.3, 0.4) is 0 Å². The second-order valence-electron chi connectivity index (χ2n) is 7.12. The van der Waals surface area contributed by atoms with Gasteiger partial charge in [0.25, 0.3) is 5.91 Å². The van der Waals surface area contributed by atoms with Crippen LogP contribution in [0.15, 0.2) is 70.0 Å². The molecule has 1 aliphatic carbocycles. The molecule has 1 fully saturated rings. The Labute approximate surface area is 183 Å². The van der Waals surface area contributed by atoms with E-state index >= 15 is 0 Å². The van der Waals surface area contributed by atoms with E-state index in [0.717, 1.165) is 29.4 Å². The van der Waals surface area contributed by atoms with Crippen LogP contribution in [0.4, 0.5) is 0 Å². The van der Waals surface area contributed by atoms with Crippen molar-refractivity contribution in [2.24, 2.45) is 0 Å². The molecule has 0 bridgehead atoms. The number of hydrogen-bond donors (Lipinski definition) is 2. The largest absolute Gasteiger partial charge is 0.491 e. The maximum atomic E-state index is 12.6. The van der Waals surface area contributed by atoms with Gasteiger partial charge in [-0.1, -0.05) is 36.4 Å². The molecule has 6 nitrogen and oxygen atoms in total. The van der Waals surface area contributed by atoms with Crippen molar-refractivity contribution < 1.29 is 17.9 Å². The van der Waals surface area contributed by atoms with Crippen molar-refractivity contribution in [3.05, 3.63) is 70.7 Å². The van der Waals surface area contributed by atoms with Gasteiger partial charge >= 0.3 is 0 Å². The summed E-state index contributed by atoms with van der Waals surface area (Å²) in [5.74, 6) is 0.384. The quantitative estimate of drug-likeness (QED) is 0.471. The van der Waals surface area contributed by atoms with Crippen LogP contribution in [0.25, 0.3) is 10.8 Å². The van der Waals surface area contributed by atoms with Crippen LogP contribution in [0.2, 0.25) is 0 Å². The number of rotatable bonds is 8. The van der Waals surface area contributed by atoms with Gasteiger partial charge in [-0.3, -0.25) is 4.79 Å². The van der Waals surface area contributed by atoms with Crippen molar-refractivity contribution in [2.75, 3.05) is 13.2 Å². The zero-order chi connectivity index (χ0) is 21.1. The van der Waals surface area contributed by atoms with Crippen LogP contribution in [-0.2, 0) is 10.0 Å². The van der Waals surface area contributed by atoms with Crippen LogP contribution in [0.1, 0.15) is 23.2 Å². The fraction of sp³-hybridized carbons (Fsp3) is 0.227. The highest BCUT2D eigenvalue weighted by atomic mass is 79.9. The van der Waals surface area contributed by atoms with Gasteiger partial charge in [-0.15, -0.1) is 0 Å². The summed E-state index contributed by atoms with van der Waals surface area (Å²) in [4.78, 5) is 12.7. The molecule has 3 aromatic rings. The number of benzene rings is 3. The molecular weight excluding hydrogens is 468 g/mol. The highest BCUT2D eigenvalue weighted by Crippen LogP contribution is 2.26. The third-order valence-electron chi connectivity index (χ3n) is 4.79. The van der Waals surface area contributed by atoms with E-state index in [1.807, 2.05) is 42.5 Å². The predicted molar refractivity (Wildman–Crippen MR) is 119 cm³/mol. The molecule has 3 aromatic carbocycles. The van der Waals surface area contributed by atoms with E-state index in [9.17, 15) is 13.2 Å². The first-order valence-electron chi connectivity index (χ1n) is 9.65. The van der Waals surface area contributed by atoms with Gasteiger partial charge in [-0.2, -0.15) is 0 Å². The molecule has 0 aliphatic heterocycles. The van der Waals surface area contributed by atoms with E-state index in [0.29, 0.717) is 11.1 Å². The zero-order valence-corrected chi connectivity index (χ0v) is 18.5. The van der Waals surface area contributed by atoms with Crippen LogP contribution >= 0.6 is 15.9 Å². The van der Waals surface area contributed by atoms with E-state index in [-0.39, 0.29) is 29.0 Å². The topological polar surface area (TPSA) is 84.5 Å². The molecule has 4 rings (SSSR count). The normalized spacial score (nSPS) is 13.9. The first-order valence-corrected chi connectivity index (χ1v) is 11.9. The molecule has 0 aromatic heterocycles. The van der Waals surface area contributed by atoms with E-state index in [1.165, 1.54) is 12.1 Å². The fourth-order valence-electron chi connectivity index (χ4n) is 3.08. The first-order chi connectivity index (χ1) is 14.4. The lowest BCUT2D eigenvalue weighted by atomic mass is 10.1. The van der Waals surface area contributed by atoms with Gasteiger partial charge in [0.1, 0.15) is 12.4 Å². The number of ether oxygens (including phenoxy) is 1. The van der Waals surface area contributed by atoms with Gasteiger partial charge in [0, 0.05) is 15.9 Å². The monoisotopic (exact) mass is 488 g/mol. The summed E-state index contributed by atoms with van der Waals surface area (Å²) in [6, 6.07) is 18.2. The number of carbonyl (C=O) groups is 1. The maximum absolute atomic E-state index is 12.6. The molecule has 8 heteroatoms. The Morgan fingerprint density at radius 2 is 1.83 bits per heavy atom. The van der Waals surface area contributed by atoms with Crippen LogP contribution in [-0.4, -0.2) is 33.5 Å². The number of carbonyl (C=O) groups excluding carboxylic acids is 1. The zero-order valence-electron chi connectivity index (χ0n) is 16.1. The molecule has 0 saturated heterocycles. The summed E-state index contributed by atoms with van der Waals surface area (Å²) in [7, 11) is -3.63. The summed E-state index contributed by atoms with van der Waals surface area (Å²) in [6.07, 6.45) is 1.69. The minimum atomic E-state index is -3.63. The van der Waals surface area contributed by atoms with E-state index in [2.05, 4.69) is 26.0 Å². The number of hydrogen-bond acceptors (Lipinski definition) is 4. The highest BCUT2D eigenvalue weighted by molar-refractivity contribution is 9.10. The van der Waals surface area contributed by atoms with Crippen molar-refractivity contribution in [3.63, 3.8) is 0 Å². The SMILES string of the molecule is O=C(NCCOc1cccc2ccccc12)c1cc(S(=O)(=O)NC2CC2)ccc1Br. The molecular formula is C22H21BrN2O4S. The Morgan fingerprint density at radius 3 is 2.63 bits per heavy atom. The number of nitrogens with one attached hydrogen (secondary N) is 2. The maximum Gasteiger partial charge on any atom is 0.252 e. The number of halogens is 1. The van der Waals surface area contributed by atoms with Crippen molar-refractivity contribution >= 4 is 42.6 Å². The van der Waals surface area contributed by atoms with E-state index < -0.39 is 10.0 Å². The first kappa shape index (κ1) is 20.8.